The highest BCUT2D eigenvalue weighted by Crippen LogP contribution is 2.33. The first-order chi connectivity index (χ1) is 13.5. The van der Waals surface area contributed by atoms with E-state index in [4.69, 9.17) is 4.74 Å². The number of nitrogens with one attached hydrogen (secondary N) is 2. The van der Waals surface area contributed by atoms with Gasteiger partial charge in [-0.1, -0.05) is 19.1 Å². The van der Waals surface area contributed by atoms with Gasteiger partial charge in [0.2, 0.25) is 11.6 Å². The fourth-order valence-corrected chi connectivity index (χ4v) is 3.10. The van der Waals surface area contributed by atoms with Crippen molar-refractivity contribution in [1.29, 1.82) is 0 Å². The predicted octanol–water partition coefficient (Wildman–Crippen LogP) is 2.39. The van der Waals surface area contributed by atoms with Crippen LogP contribution in [0.5, 0.6) is 5.75 Å². The number of anilines is 2. The SMILES string of the molecule is COc1ccccc1C(=O)NNc1ncnc(N2CCC(C)CC2)c1[N+](=O)[O-]. The number of nitro groups is 1. The zero-order valence-electron chi connectivity index (χ0n) is 15.7. The molecule has 0 bridgehead atoms. The first kappa shape index (κ1) is 19.3. The monoisotopic (exact) mass is 386 g/mol. The maximum absolute atomic E-state index is 12.4. The number of ether oxygens (including phenoxy) is 1. The highest BCUT2D eigenvalue weighted by atomic mass is 16.6. The van der Waals surface area contributed by atoms with Crippen LogP contribution in [0.25, 0.3) is 0 Å². The molecule has 2 N–H and O–H groups in total. The van der Waals surface area contributed by atoms with Crippen LogP contribution in [0.15, 0.2) is 30.6 Å². The molecule has 1 aliphatic rings. The molecule has 1 fully saturated rings. The molecule has 1 aromatic heterocycles. The number of para-hydroxylation sites is 1. The summed E-state index contributed by atoms with van der Waals surface area (Å²) in [5.74, 6) is 0.647. The number of aromatic nitrogens is 2. The Morgan fingerprint density at radius 3 is 2.68 bits per heavy atom. The van der Waals surface area contributed by atoms with Crippen molar-refractivity contribution < 1.29 is 14.5 Å². The Bertz CT molecular complexity index is 867. The number of hydrazine groups is 1. The Kier molecular flexibility index (Phi) is 5.87. The summed E-state index contributed by atoms with van der Waals surface area (Å²) in [6, 6.07) is 6.67. The van der Waals surface area contributed by atoms with E-state index in [2.05, 4.69) is 27.7 Å². The molecule has 0 aliphatic carbocycles. The second-order valence-electron chi connectivity index (χ2n) is 6.60. The topological polar surface area (TPSA) is 123 Å². The van der Waals surface area contributed by atoms with E-state index in [1.165, 1.54) is 13.4 Å². The van der Waals surface area contributed by atoms with Gasteiger partial charge in [0.05, 0.1) is 17.6 Å². The number of methoxy groups -OCH3 is 1. The lowest BCUT2D eigenvalue weighted by Gasteiger charge is -2.30. The quantitative estimate of drug-likeness (QED) is 0.573. The molecule has 2 heterocycles. The zero-order valence-corrected chi connectivity index (χ0v) is 15.7. The number of piperidine rings is 1. The Hall–Kier alpha value is -3.43. The molecule has 0 saturated carbocycles. The van der Waals surface area contributed by atoms with Crippen molar-refractivity contribution in [3.63, 3.8) is 0 Å². The van der Waals surface area contributed by atoms with Gasteiger partial charge in [-0.25, -0.2) is 9.97 Å². The molecule has 1 saturated heterocycles. The minimum Gasteiger partial charge on any atom is -0.496 e. The molecule has 0 atom stereocenters. The van der Waals surface area contributed by atoms with Crippen molar-refractivity contribution in [2.45, 2.75) is 19.8 Å². The number of nitrogens with zero attached hydrogens (tertiary/aromatic N) is 4. The van der Waals surface area contributed by atoms with Crippen molar-refractivity contribution in [2.24, 2.45) is 5.92 Å². The lowest BCUT2D eigenvalue weighted by atomic mass is 9.99. The van der Waals surface area contributed by atoms with Gasteiger partial charge in [-0.15, -0.1) is 0 Å². The van der Waals surface area contributed by atoms with E-state index < -0.39 is 10.8 Å². The molecule has 2 aromatic rings. The molecule has 148 valence electrons. The van der Waals surface area contributed by atoms with Gasteiger partial charge >= 0.3 is 5.69 Å². The maximum Gasteiger partial charge on any atom is 0.355 e. The van der Waals surface area contributed by atoms with E-state index in [1.807, 2.05) is 4.90 Å². The Morgan fingerprint density at radius 1 is 1.29 bits per heavy atom. The van der Waals surface area contributed by atoms with Crippen LogP contribution < -0.4 is 20.5 Å². The van der Waals surface area contributed by atoms with E-state index in [1.54, 1.807) is 24.3 Å². The van der Waals surface area contributed by atoms with Crippen LogP contribution in [0.4, 0.5) is 17.3 Å². The van der Waals surface area contributed by atoms with Crippen LogP contribution in [-0.4, -0.2) is 41.0 Å². The normalized spacial score (nSPS) is 14.4. The molecular formula is C18H22N6O4. The number of hydrogen-bond donors (Lipinski definition) is 2. The van der Waals surface area contributed by atoms with Crippen LogP contribution in [0.1, 0.15) is 30.1 Å². The van der Waals surface area contributed by atoms with Crippen molar-refractivity contribution in [2.75, 3.05) is 30.5 Å². The summed E-state index contributed by atoms with van der Waals surface area (Å²) in [7, 11) is 1.46. The molecule has 10 nitrogen and oxygen atoms in total. The first-order valence-corrected chi connectivity index (χ1v) is 8.95. The fourth-order valence-electron chi connectivity index (χ4n) is 3.10. The molecule has 1 aromatic carbocycles. The second kappa shape index (κ2) is 8.51. The largest absolute Gasteiger partial charge is 0.496 e. The summed E-state index contributed by atoms with van der Waals surface area (Å²) < 4.78 is 5.16. The molecule has 0 unspecified atom stereocenters. The Balaban J connectivity index is 1.81. The summed E-state index contributed by atoms with van der Waals surface area (Å²) in [5.41, 5.74) is 5.02. The van der Waals surface area contributed by atoms with Crippen LogP contribution in [0.3, 0.4) is 0 Å². The number of carbonyl (C=O) groups is 1. The Labute approximate surface area is 162 Å². The van der Waals surface area contributed by atoms with Gasteiger partial charge in [0.1, 0.15) is 12.1 Å². The molecular weight excluding hydrogens is 364 g/mol. The number of benzene rings is 1. The molecule has 0 spiro atoms. The summed E-state index contributed by atoms with van der Waals surface area (Å²) >= 11 is 0. The summed E-state index contributed by atoms with van der Waals surface area (Å²) in [4.78, 5) is 33.5. The average molecular weight is 386 g/mol. The van der Waals surface area contributed by atoms with Gasteiger partial charge in [-0.2, -0.15) is 0 Å². The van der Waals surface area contributed by atoms with E-state index >= 15 is 0 Å². The molecule has 1 aliphatic heterocycles. The van der Waals surface area contributed by atoms with Gasteiger partial charge in [0, 0.05) is 13.1 Å². The van der Waals surface area contributed by atoms with Crippen molar-refractivity contribution >= 4 is 23.2 Å². The lowest BCUT2D eigenvalue weighted by molar-refractivity contribution is -0.383. The van der Waals surface area contributed by atoms with Gasteiger partial charge in [-0.05, 0) is 30.9 Å². The average Bonchev–Trinajstić information content (AvgIpc) is 2.72. The minimum absolute atomic E-state index is 0.0723. The molecule has 0 radical (unpaired) electrons. The van der Waals surface area contributed by atoms with Crippen molar-refractivity contribution in [3.05, 3.63) is 46.3 Å². The van der Waals surface area contributed by atoms with Crippen LogP contribution in [0, 0.1) is 16.0 Å². The highest BCUT2D eigenvalue weighted by molar-refractivity contribution is 5.97. The number of carbonyl (C=O) groups excluding carboxylic acids is 1. The van der Waals surface area contributed by atoms with Crippen LogP contribution in [0.2, 0.25) is 0 Å². The number of amides is 1. The first-order valence-electron chi connectivity index (χ1n) is 8.95. The van der Waals surface area contributed by atoms with Crippen LogP contribution in [-0.2, 0) is 0 Å². The Morgan fingerprint density at radius 2 is 2.00 bits per heavy atom. The molecule has 28 heavy (non-hydrogen) atoms. The van der Waals surface area contributed by atoms with Gasteiger partial charge in [-0.3, -0.25) is 25.8 Å². The fraction of sp³-hybridized carbons (Fsp3) is 0.389. The third-order valence-corrected chi connectivity index (χ3v) is 4.71. The molecule has 3 rings (SSSR count). The van der Waals surface area contributed by atoms with Gasteiger partial charge < -0.3 is 9.64 Å². The third kappa shape index (κ3) is 4.11. The molecule has 10 heteroatoms. The number of hydrogen-bond acceptors (Lipinski definition) is 8. The van der Waals surface area contributed by atoms with Gasteiger partial charge in [0.25, 0.3) is 5.91 Å². The van der Waals surface area contributed by atoms with E-state index in [9.17, 15) is 14.9 Å². The third-order valence-electron chi connectivity index (χ3n) is 4.71. The van der Waals surface area contributed by atoms with Crippen molar-refractivity contribution in [3.8, 4) is 5.75 Å². The predicted molar refractivity (Wildman–Crippen MR) is 103 cm³/mol. The molecule has 1 amide bonds. The van der Waals surface area contributed by atoms with E-state index in [0.29, 0.717) is 30.3 Å². The lowest BCUT2D eigenvalue weighted by Crippen LogP contribution is -2.35. The highest BCUT2D eigenvalue weighted by Gasteiger charge is 2.29. The maximum atomic E-state index is 12.4. The summed E-state index contributed by atoms with van der Waals surface area (Å²) in [6.45, 7) is 3.53. The second-order valence-corrected chi connectivity index (χ2v) is 6.60. The van der Waals surface area contributed by atoms with E-state index in [-0.39, 0.29) is 17.3 Å². The zero-order chi connectivity index (χ0) is 20.1. The van der Waals surface area contributed by atoms with Crippen LogP contribution >= 0.6 is 0 Å². The standard InChI is InChI=1S/C18H22N6O4/c1-12-7-9-23(10-8-12)17-15(24(26)27)16(19-11-20-17)21-22-18(25)13-5-3-4-6-14(13)28-2/h3-6,11-12H,7-10H2,1-2H3,(H,22,25)(H,19,20,21). The van der Waals surface area contributed by atoms with Crippen molar-refractivity contribution in [1.82, 2.24) is 15.4 Å². The van der Waals surface area contributed by atoms with Gasteiger partial charge in [0.15, 0.2) is 0 Å². The minimum atomic E-state index is -0.537. The number of rotatable bonds is 6. The summed E-state index contributed by atoms with van der Waals surface area (Å²) in [5, 5.41) is 11.7. The van der Waals surface area contributed by atoms with E-state index in [0.717, 1.165) is 12.8 Å². The summed E-state index contributed by atoms with van der Waals surface area (Å²) in [6.07, 6.45) is 3.13. The smallest absolute Gasteiger partial charge is 0.355 e.